The molecule has 1 saturated heterocycles. The maximum atomic E-state index is 13.1. The summed E-state index contributed by atoms with van der Waals surface area (Å²) in [4.78, 5) is 14.9. The summed E-state index contributed by atoms with van der Waals surface area (Å²) in [6, 6.07) is 14.8. The van der Waals surface area contributed by atoms with Crippen LogP contribution < -0.4 is 14.8 Å². The molecule has 0 spiro atoms. The van der Waals surface area contributed by atoms with Crippen molar-refractivity contribution >= 4 is 17.5 Å². The number of nitrogens with zero attached hydrogens (tertiary/aromatic N) is 1. The number of ether oxygens (including phenoxy) is 2. The van der Waals surface area contributed by atoms with E-state index in [1.165, 1.54) is 0 Å². The summed E-state index contributed by atoms with van der Waals surface area (Å²) in [6.45, 7) is 3.81. The molecule has 2 atom stereocenters. The van der Waals surface area contributed by atoms with E-state index in [9.17, 15) is 4.79 Å². The van der Waals surface area contributed by atoms with Gasteiger partial charge in [-0.3, -0.25) is 4.79 Å². The van der Waals surface area contributed by atoms with E-state index in [1.54, 1.807) is 38.3 Å². The molecule has 1 amide bonds. The topological polar surface area (TPSA) is 50.8 Å². The van der Waals surface area contributed by atoms with Crippen molar-refractivity contribution < 1.29 is 14.3 Å². The largest absolute Gasteiger partial charge is 0.496 e. The van der Waals surface area contributed by atoms with E-state index in [-0.39, 0.29) is 11.9 Å². The number of methoxy groups -OCH3 is 1. The van der Waals surface area contributed by atoms with E-state index in [0.717, 1.165) is 17.9 Å². The molecule has 0 radical (unpaired) electrons. The van der Waals surface area contributed by atoms with Crippen LogP contribution in [0.4, 0.5) is 0 Å². The number of hydrogen-bond acceptors (Lipinski definition) is 4. The van der Waals surface area contributed by atoms with Crippen LogP contribution in [0, 0.1) is 0 Å². The highest BCUT2D eigenvalue weighted by Crippen LogP contribution is 2.31. The molecule has 2 aromatic rings. The van der Waals surface area contributed by atoms with Crippen molar-refractivity contribution in [2.75, 3.05) is 26.7 Å². The lowest BCUT2D eigenvalue weighted by Crippen LogP contribution is -2.52. The summed E-state index contributed by atoms with van der Waals surface area (Å²) < 4.78 is 11.3. The monoisotopic (exact) mass is 374 g/mol. The molecule has 26 heavy (non-hydrogen) atoms. The van der Waals surface area contributed by atoms with Crippen molar-refractivity contribution in [1.82, 2.24) is 10.2 Å². The van der Waals surface area contributed by atoms with Gasteiger partial charge in [0.05, 0.1) is 13.2 Å². The zero-order chi connectivity index (χ0) is 18.5. The summed E-state index contributed by atoms with van der Waals surface area (Å²) in [7, 11) is 1.64. The summed E-state index contributed by atoms with van der Waals surface area (Å²) >= 11 is 6.00. The molecule has 0 aromatic heterocycles. The Labute approximate surface area is 158 Å². The maximum Gasteiger partial charge on any atom is 0.263 e. The number of amides is 1. The molecular weight excluding hydrogens is 352 g/mol. The van der Waals surface area contributed by atoms with Crippen LogP contribution >= 0.6 is 11.6 Å². The molecule has 3 rings (SSSR count). The van der Waals surface area contributed by atoms with Gasteiger partial charge in [0.15, 0.2) is 6.10 Å². The third kappa shape index (κ3) is 4.11. The first-order valence-electron chi connectivity index (χ1n) is 8.66. The van der Waals surface area contributed by atoms with E-state index in [0.29, 0.717) is 23.9 Å². The van der Waals surface area contributed by atoms with Crippen molar-refractivity contribution in [2.45, 2.75) is 19.1 Å². The van der Waals surface area contributed by atoms with Gasteiger partial charge in [-0.05, 0) is 31.2 Å². The van der Waals surface area contributed by atoms with Gasteiger partial charge in [0.1, 0.15) is 11.5 Å². The summed E-state index contributed by atoms with van der Waals surface area (Å²) in [5.41, 5.74) is 0.991. The molecule has 1 heterocycles. The third-order valence-electron chi connectivity index (χ3n) is 4.48. The molecule has 1 N–H and O–H groups in total. The van der Waals surface area contributed by atoms with Crippen LogP contribution in [0.1, 0.15) is 18.5 Å². The van der Waals surface area contributed by atoms with Crippen LogP contribution in [0.3, 0.4) is 0 Å². The molecule has 6 heteroatoms. The minimum Gasteiger partial charge on any atom is -0.496 e. The number of hydrogen-bond donors (Lipinski definition) is 1. The smallest absolute Gasteiger partial charge is 0.263 e. The first kappa shape index (κ1) is 18.5. The highest BCUT2D eigenvalue weighted by molar-refractivity contribution is 6.30. The predicted molar refractivity (Wildman–Crippen MR) is 102 cm³/mol. The van der Waals surface area contributed by atoms with E-state index < -0.39 is 6.10 Å². The Hall–Kier alpha value is -2.24. The van der Waals surface area contributed by atoms with Gasteiger partial charge in [0, 0.05) is 30.2 Å². The Morgan fingerprint density at radius 2 is 2.08 bits per heavy atom. The lowest BCUT2D eigenvalue weighted by molar-refractivity contribution is -0.141. The van der Waals surface area contributed by atoms with Gasteiger partial charge in [0.25, 0.3) is 5.91 Å². The second-order valence-electron chi connectivity index (χ2n) is 6.21. The van der Waals surface area contributed by atoms with E-state index in [2.05, 4.69) is 5.32 Å². The van der Waals surface area contributed by atoms with Gasteiger partial charge in [-0.15, -0.1) is 0 Å². The second-order valence-corrected chi connectivity index (χ2v) is 6.65. The number of carbonyl (C=O) groups excluding carboxylic acids is 1. The van der Waals surface area contributed by atoms with Gasteiger partial charge in [-0.25, -0.2) is 0 Å². The first-order chi connectivity index (χ1) is 12.6. The molecule has 1 aliphatic rings. The average Bonchev–Trinajstić information content (AvgIpc) is 2.67. The maximum absolute atomic E-state index is 13.1. The molecule has 0 saturated carbocycles. The molecule has 2 aromatic carbocycles. The molecule has 5 nitrogen and oxygen atoms in total. The summed E-state index contributed by atoms with van der Waals surface area (Å²) in [5.74, 6) is 1.31. The zero-order valence-electron chi connectivity index (χ0n) is 14.9. The van der Waals surface area contributed by atoms with Crippen molar-refractivity contribution in [2.24, 2.45) is 0 Å². The fourth-order valence-electron chi connectivity index (χ4n) is 3.22. The lowest BCUT2D eigenvalue weighted by Gasteiger charge is -2.38. The van der Waals surface area contributed by atoms with Gasteiger partial charge in [-0.2, -0.15) is 0 Å². The minimum absolute atomic E-state index is 0.0534. The standard InChI is InChI=1S/C20H23ClN2O3/c1-14(26-16-7-5-6-15(21)12-16)20(24)23-11-10-22-13-18(23)17-8-3-4-9-19(17)25-2/h3-9,12,14,18,22H,10-11,13H2,1-2H3. The predicted octanol–water partition coefficient (Wildman–Crippen LogP) is 3.29. The van der Waals surface area contributed by atoms with Crippen LogP contribution in [-0.4, -0.2) is 43.7 Å². The Kier molecular flexibility index (Phi) is 6.01. The van der Waals surface area contributed by atoms with Gasteiger partial charge in [-0.1, -0.05) is 35.9 Å². The Balaban J connectivity index is 1.79. The van der Waals surface area contributed by atoms with Crippen molar-refractivity contribution in [3.05, 3.63) is 59.1 Å². The number of halogens is 1. The fraction of sp³-hybridized carbons (Fsp3) is 0.350. The number of rotatable bonds is 5. The van der Waals surface area contributed by atoms with Crippen LogP contribution in [0.15, 0.2) is 48.5 Å². The molecule has 1 fully saturated rings. The van der Waals surface area contributed by atoms with Crippen molar-refractivity contribution in [3.63, 3.8) is 0 Å². The number of para-hydroxylation sites is 1. The summed E-state index contributed by atoms with van der Waals surface area (Å²) in [6.07, 6.45) is -0.608. The number of carbonyl (C=O) groups is 1. The van der Waals surface area contributed by atoms with Gasteiger partial charge in [0.2, 0.25) is 0 Å². The van der Waals surface area contributed by atoms with Crippen LogP contribution in [0.5, 0.6) is 11.5 Å². The quantitative estimate of drug-likeness (QED) is 0.872. The second kappa shape index (κ2) is 8.43. The highest BCUT2D eigenvalue weighted by atomic mass is 35.5. The minimum atomic E-state index is -0.608. The first-order valence-corrected chi connectivity index (χ1v) is 9.04. The normalized spacial score (nSPS) is 18.3. The number of nitrogens with one attached hydrogen (secondary N) is 1. The zero-order valence-corrected chi connectivity index (χ0v) is 15.7. The highest BCUT2D eigenvalue weighted by Gasteiger charge is 2.33. The van der Waals surface area contributed by atoms with Gasteiger partial charge >= 0.3 is 0 Å². The molecule has 1 aliphatic heterocycles. The summed E-state index contributed by atoms with van der Waals surface area (Å²) in [5, 5.41) is 3.94. The third-order valence-corrected chi connectivity index (χ3v) is 4.72. The van der Waals surface area contributed by atoms with E-state index >= 15 is 0 Å². The molecule has 0 aliphatic carbocycles. The SMILES string of the molecule is COc1ccccc1C1CNCCN1C(=O)C(C)Oc1cccc(Cl)c1. The average molecular weight is 375 g/mol. The van der Waals surface area contributed by atoms with E-state index in [1.807, 2.05) is 29.2 Å². The van der Waals surface area contributed by atoms with Crippen LogP contribution in [-0.2, 0) is 4.79 Å². The number of benzene rings is 2. The van der Waals surface area contributed by atoms with Crippen LogP contribution in [0.25, 0.3) is 0 Å². The molecule has 138 valence electrons. The molecule has 0 bridgehead atoms. The lowest BCUT2D eigenvalue weighted by atomic mass is 10.0. The van der Waals surface area contributed by atoms with E-state index in [4.69, 9.17) is 21.1 Å². The molecular formula is C20H23ClN2O3. The number of piperazine rings is 1. The Bertz CT molecular complexity index is 768. The van der Waals surface area contributed by atoms with Crippen molar-refractivity contribution in [1.29, 1.82) is 0 Å². The Morgan fingerprint density at radius 1 is 1.27 bits per heavy atom. The Morgan fingerprint density at radius 3 is 2.85 bits per heavy atom. The van der Waals surface area contributed by atoms with Crippen LogP contribution in [0.2, 0.25) is 5.02 Å². The van der Waals surface area contributed by atoms with Crippen molar-refractivity contribution in [3.8, 4) is 11.5 Å². The molecule has 2 unspecified atom stereocenters. The van der Waals surface area contributed by atoms with Gasteiger partial charge < -0.3 is 19.7 Å². The fourth-order valence-corrected chi connectivity index (χ4v) is 3.40.